The van der Waals surface area contributed by atoms with Crippen molar-refractivity contribution in [1.82, 2.24) is 0 Å². The molecule has 0 spiro atoms. The van der Waals surface area contributed by atoms with E-state index in [1.54, 1.807) is 6.92 Å². The topological polar surface area (TPSA) is 57.5 Å². The zero-order valence-electron chi connectivity index (χ0n) is 9.54. The number of hydrogen-bond donors (Lipinski definition) is 2. The van der Waals surface area contributed by atoms with E-state index in [9.17, 15) is 9.90 Å². The summed E-state index contributed by atoms with van der Waals surface area (Å²) in [6, 6.07) is 1.85. The van der Waals surface area contributed by atoms with E-state index in [0.29, 0.717) is 5.56 Å². The van der Waals surface area contributed by atoms with Crippen LogP contribution in [0.25, 0.3) is 0 Å². The minimum Gasteiger partial charge on any atom is -0.507 e. The van der Waals surface area contributed by atoms with Crippen LogP contribution < -0.4 is 0 Å². The van der Waals surface area contributed by atoms with Crippen LogP contribution in [0, 0.1) is 6.92 Å². The molecule has 0 heterocycles. The maximum Gasteiger partial charge on any atom is 0.307 e. The number of halogens is 1. The summed E-state index contributed by atoms with van der Waals surface area (Å²) in [6.45, 7) is 5.72. The van der Waals surface area contributed by atoms with Gasteiger partial charge >= 0.3 is 5.97 Å². The molecule has 4 heteroatoms. The minimum atomic E-state index is -0.939. The van der Waals surface area contributed by atoms with E-state index < -0.39 is 5.97 Å². The summed E-state index contributed by atoms with van der Waals surface area (Å²) in [5.41, 5.74) is 2.05. The monoisotopic (exact) mass is 286 g/mol. The Labute approximate surface area is 103 Å². The van der Waals surface area contributed by atoms with Gasteiger partial charge in [0.15, 0.2) is 0 Å². The van der Waals surface area contributed by atoms with Gasteiger partial charge in [-0.05, 0) is 30.0 Å². The van der Waals surface area contributed by atoms with Gasteiger partial charge < -0.3 is 10.2 Å². The van der Waals surface area contributed by atoms with Gasteiger partial charge in [0.2, 0.25) is 0 Å². The van der Waals surface area contributed by atoms with E-state index >= 15 is 0 Å². The number of phenols is 1. The van der Waals surface area contributed by atoms with E-state index in [1.807, 2.05) is 19.9 Å². The lowest BCUT2D eigenvalue weighted by atomic mass is 9.94. The molecule has 0 atom stereocenters. The molecule has 0 saturated carbocycles. The SMILES string of the molecule is Cc1c(Br)cc(C(C)C)c(O)c1CC(=O)O. The number of carboxylic acid groups (broad SMARTS) is 1. The van der Waals surface area contributed by atoms with E-state index in [1.165, 1.54) is 0 Å². The number of phenolic OH excluding ortho intramolecular Hbond substituents is 1. The largest absolute Gasteiger partial charge is 0.507 e. The zero-order valence-corrected chi connectivity index (χ0v) is 11.1. The first-order valence-electron chi connectivity index (χ1n) is 5.07. The first-order chi connectivity index (χ1) is 7.34. The van der Waals surface area contributed by atoms with Gasteiger partial charge in [-0.1, -0.05) is 29.8 Å². The molecule has 2 N–H and O–H groups in total. The quantitative estimate of drug-likeness (QED) is 0.897. The van der Waals surface area contributed by atoms with Crippen LogP contribution in [0.1, 0.15) is 36.5 Å². The van der Waals surface area contributed by atoms with Crippen LogP contribution in [-0.2, 0) is 11.2 Å². The fraction of sp³-hybridized carbons (Fsp3) is 0.417. The first-order valence-corrected chi connectivity index (χ1v) is 5.86. The highest BCUT2D eigenvalue weighted by Crippen LogP contribution is 2.36. The van der Waals surface area contributed by atoms with Crippen LogP contribution in [0.5, 0.6) is 5.75 Å². The molecule has 0 saturated heterocycles. The van der Waals surface area contributed by atoms with Gasteiger partial charge in [-0.15, -0.1) is 0 Å². The number of hydrogen-bond acceptors (Lipinski definition) is 2. The Hall–Kier alpha value is -1.03. The number of rotatable bonds is 3. The van der Waals surface area contributed by atoms with Crippen LogP contribution in [-0.4, -0.2) is 16.2 Å². The lowest BCUT2D eigenvalue weighted by Crippen LogP contribution is -2.05. The fourth-order valence-electron chi connectivity index (χ4n) is 1.62. The number of aliphatic carboxylic acids is 1. The van der Waals surface area contributed by atoms with E-state index in [-0.39, 0.29) is 18.1 Å². The molecule has 1 rings (SSSR count). The Morgan fingerprint density at radius 3 is 2.50 bits per heavy atom. The maximum absolute atomic E-state index is 10.7. The van der Waals surface area contributed by atoms with Crippen molar-refractivity contribution in [3.8, 4) is 5.75 Å². The van der Waals surface area contributed by atoms with Crippen LogP contribution in [0.2, 0.25) is 0 Å². The van der Waals surface area contributed by atoms with Crippen molar-refractivity contribution in [2.75, 3.05) is 0 Å². The van der Waals surface area contributed by atoms with Crippen molar-refractivity contribution in [3.63, 3.8) is 0 Å². The van der Waals surface area contributed by atoms with E-state index in [0.717, 1.165) is 15.6 Å². The third-order valence-electron chi connectivity index (χ3n) is 2.60. The molecule has 0 aliphatic rings. The molecule has 3 nitrogen and oxygen atoms in total. The summed E-state index contributed by atoms with van der Waals surface area (Å²) >= 11 is 3.39. The van der Waals surface area contributed by atoms with Gasteiger partial charge in [-0.3, -0.25) is 4.79 Å². The summed E-state index contributed by atoms with van der Waals surface area (Å²) in [5.74, 6) is -0.672. The number of carboxylic acids is 1. The minimum absolute atomic E-state index is 0.109. The van der Waals surface area contributed by atoms with Crippen molar-refractivity contribution >= 4 is 21.9 Å². The van der Waals surface area contributed by atoms with Gasteiger partial charge in [0.1, 0.15) is 5.75 Å². The Balaban J connectivity index is 3.39. The van der Waals surface area contributed by atoms with Crippen LogP contribution in [0.3, 0.4) is 0 Å². The van der Waals surface area contributed by atoms with Crippen molar-refractivity contribution in [2.45, 2.75) is 33.1 Å². The summed E-state index contributed by atoms with van der Waals surface area (Å²) in [5, 5.41) is 18.8. The molecule has 0 amide bonds. The Kier molecular flexibility index (Phi) is 3.97. The second-order valence-corrected chi connectivity index (χ2v) is 4.98. The Morgan fingerprint density at radius 2 is 2.06 bits per heavy atom. The van der Waals surface area contributed by atoms with Gasteiger partial charge in [0, 0.05) is 10.0 Å². The average Bonchev–Trinajstić information content (AvgIpc) is 2.17. The van der Waals surface area contributed by atoms with Crippen molar-refractivity contribution in [2.24, 2.45) is 0 Å². The number of benzene rings is 1. The molecule has 0 unspecified atom stereocenters. The van der Waals surface area contributed by atoms with Gasteiger partial charge in [-0.25, -0.2) is 0 Å². The lowest BCUT2D eigenvalue weighted by molar-refractivity contribution is -0.136. The first kappa shape index (κ1) is 13.0. The second-order valence-electron chi connectivity index (χ2n) is 4.12. The molecule has 88 valence electrons. The molecule has 16 heavy (non-hydrogen) atoms. The van der Waals surface area contributed by atoms with Crippen molar-refractivity contribution < 1.29 is 15.0 Å². The number of aromatic hydroxyl groups is 1. The normalized spacial score (nSPS) is 10.8. The molecule has 1 aromatic carbocycles. The van der Waals surface area contributed by atoms with Crippen LogP contribution in [0.15, 0.2) is 10.5 Å². The van der Waals surface area contributed by atoms with Crippen molar-refractivity contribution in [3.05, 3.63) is 27.2 Å². The smallest absolute Gasteiger partial charge is 0.307 e. The third-order valence-corrected chi connectivity index (χ3v) is 3.43. The van der Waals surface area contributed by atoms with Gasteiger partial charge in [0.05, 0.1) is 6.42 Å². The molecule has 0 fully saturated rings. The predicted octanol–water partition coefficient (Wildman–Crippen LogP) is 3.21. The summed E-state index contributed by atoms with van der Waals surface area (Å²) < 4.78 is 0.838. The second kappa shape index (κ2) is 4.87. The van der Waals surface area contributed by atoms with Crippen molar-refractivity contribution in [1.29, 1.82) is 0 Å². The molecular weight excluding hydrogens is 272 g/mol. The fourth-order valence-corrected chi connectivity index (χ4v) is 2.10. The highest BCUT2D eigenvalue weighted by Gasteiger charge is 2.17. The summed E-state index contributed by atoms with van der Waals surface area (Å²) in [6.07, 6.45) is -0.156. The van der Waals surface area contributed by atoms with E-state index in [2.05, 4.69) is 15.9 Å². The van der Waals surface area contributed by atoms with E-state index in [4.69, 9.17) is 5.11 Å². The highest BCUT2D eigenvalue weighted by molar-refractivity contribution is 9.10. The molecular formula is C12H15BrO3. The molecule has 0 radical (unpaired) electrons. The molecule has 0 aliphatic heterocycles. The molecule has 0 bridgehead atoms. The molecule has 1 aromatic rings. The maximum atomic E-state index is 10.7. The zero-order chi connectivity index (χ0) is 12.5. The summed E-state index contributed by atoms with van der Waals surface area (Å²) in [7, 11) is 0. The predicted molar refractivity (Wildman–Crippen MR) is 66.0 cm³/mol. The number of carbonyl (C=O) groups is 1. The van der Waals surface area contributed by atoms with Crippen LogP contribution in [0.4, 0.5) is 0 Å². The van der Waals surface area contributed by atoms with Gasteiger partial charge in [-0.2, -0.15) is 0 Å². The lowest BCUT2D eigenvalue weighted by Gasteiger charge is -2.15. The van der Waals surface area contributed by atoms with Crippen LogP contribution >= 0.6 is 15.9 Å². The Morgan fingerprint density at radius 1 is 1.50 bits per heavy atom. The Bertz CT molecular complexity index is 425. The average molecular weight is 287 g/mol. The molecule has 0 aromatic heterocycles. The standard InChI is InChI=1S/C12H15BrO3/c1-6(2)8-4-10(13)7(3)9(12(8)16)5-11(14)15/h4,6,16H,5H2,1-3H3,(H,14,15). The third kappa shape index (κ3) is 2.55. The molecule has 0 aliphatic carbocycles. The highest BCUT2D eigenvalue weighted by atomic mass is 79.9. The van der Waals surface area contributed by atoms with Gasteiger partial charge in [0.25, 0.3) is 0 Å². The summed E-state index contributed by atoms with van der Waals surface area (Å²) in [4.78, 5) is 10.7.